The standard InChI is InChI=1S/C28H30N2O2.C2H4O2/c29-27(31)28(23-7-3-1-4-8-23,24-9-5-2-6-10-24)25-14-17-30(20-25)16-13-21-11-12-26-22(19-21)15-18-32-26;1-2(3)4/h1-12,19,25H,13-18,20H2,(H2,29,31);1H3,(H,3,4)/t25-;/m1./s1. The Hall–Kier alpha value is -3.64. The van der Waals surface area contributed by atoms with Gasteiger partial charge in [-0.1, -0.05) is 72.8 Å². The third kappa shape index (κ3) is 5.44. The molecule has 3 aromatic rings. The summed E-state index contributed by atoms with van der Waals surface area (Å²) >= 11 is 0. The molecule has 1 fully saturated rings. The van der Waals surface area contributed by atoms with Crippen molar-refractivity contribution in [2.75, 3.05) is 26.2 Å². The smallest absolute Gasteiger partial charge is 0.300 e. The molecule has 0 aromatic heterocycles. The molecule has 6 heteroatoms. The van der Waals surface area contributed by atoms with E-state index >= 15 is 0 Å². The Labute approximate surface area is 212 Å². The first kappa shape index (κ1) is 25.5. The molecule has 2 heterocycles. The van der Waals surface area contributed by atoms with Crippen molar-refractivity contribution in [3.05, 3.63) is 101 Å². The van der Waals surface area contributed by atoms with Gasteiger partial charge in [0.25, 0.3) is 5.97 Å². The minimum atomic E-state index is -0.833. The quantitative estimate of drug-likeness (QED) is 0.526. The summed E-state index contributed by atoms with van der Waals surface area (Å²) in [6, 6.07) is 26.7. The zero-order chi connectivity index (χ0) is 25.5. The summed E-state index contributed by atoms with van der Waals surface area (Å²) < 4.78 is 5.64. The van der Waals surface area contributed by atoms with Gasteiger partial charge in [-0.25, -0.2) is 0 Å². The van der Waals surface area contributed by atoms with E-state index in [9.17, 15) is 4.79 Å². The number of aliphatic carboxylic acids is 1. The molecule has 188 valence electrons. The average Bonchev–Trinajstić information content (AvgIpc) is 3.54. The fourth-order valence-electron chi connectivity index (χ4n) is 5.60. The Bertz CT molecular complexity index is 1140. The molecule has 0 saturated carbocycles. The second-order valence-corrected chi connectivity index (χ2v) is 9.50. The molecule has 6 nitrogen and oxygen atoms in total. The van der Waals surface area contributed by atoms with Crippen molar-refractivity contribution < 1.29 is 19.4 Å². The number of amides is 1. The molecular weight excluding hydrogens is 452 g/mol. The molecule has 1 atom stereocenters. The number of hydrogen-bond acceptors (Lipinski definition) is 4. The first-order chi connectivity index (χ1) is 17.4. The number of nitrogens with two attached hydrogens (primary N) is 1. The second kappa shape index (κ2) is 11.4. The lowest BCUT2D eigenvalue weighted by atomic mass is 9.64. The van der Waals surface area contributed by atoms with Crippen LogP contribution >= 0.6 is 0 Å². The average molecular weight is 487 g/mol. The largest absolute Gasteiger partial charge is 0.493 e. The summed E-state index contributed by atoms with van der Waals surface area (Å²) in [6.45, 7) is 4.70. The zero-order valence-electron chi connectivity index (χ0n) is 20.7. The normalized spacial score (nSPS) is 17.0. The highest BCUT2D eigenvalue weighted by atomic mass is 16.5. The third-order valence-corrected chi connectivity index (χ3v) is 7.20. The summed E-state index contributed by atoms with van der Waals surface area (Å²) in [5.41, 5.74) is 10.0. The van der Waals surface area contributed by atoms with E-state index in [0.29, 0.717) is 0 Å². The van der Waals surface area contributed by atoms with Crippen LogP contribution < -0.4 is 10.5 Å². The molecule has 1 saturated heterocycles. The minimum Gasteiger partial charge on any atom is -0.493 e. The molecule has 2 aliphatic heterocycles. The van der Waals surface area contributed by atoms with E-state index < -0.39 is 11.4 Å². The zero-order valence-corrected chi connectivity index (χ0v) is 20.7. The van der Waals surface area contributed by atoms with Gasteiger partial charge in [-0.05, 0) is 53.6 Å². The summed E-state index contributed by atoms with van der Waals surface area (Å²) in [6.07, 6.45) is 2.95. The van der Waals surface area contributed by atoms with Crippen molar-refractivity contribution in [2.24, 2.45) is 11.7 Å². The first-order valence-electron chi connectivity index (χ1n) is 12.5. The van der Waals surface area contributed by atoms with Crippen molar-refractivity contribution in [2.45, 2.75) is 31.6 Å². The van der Waals surface area contributed by atoms with Gasteiger partial charge in [-0.15, -0.1) is 0 Å². The minimum absolute atomic E-state index is 0.137. The van der Waals surface area contributed by atoms with Crippen LogP contribution in [0.15, 0.2) is 78.9 Å². The molecule has 5 rings (SSSR count). The number of nitrogens with zero attached hydrogens (tertiary/aromatic N) is 1. The lowest BCUT2D eigenvalue weighted by Crippen LogP contribution is -2.49. The highest BCUT2D eigenvalue weighted by molar-refractivity contribution is 5.91. The van der Waals surface area contributed by atoms with E-state index in [0.717, 1.165) is 69.3 Å². The Morgan fingerprint density at radius 2 is 1.64 bits per heavy atom. The van der Waals surface area contributed by atoms with Crippen LogP contribution in [0.1, 0.15) is 35.6 Å². The Morgan fingerprint density at radius 3 is 2.22 bits per heavy atom. The number of fused-ring (bicyclic) bond motifs is 1. The van der Waals surface area contributed by atoms with E-state index in [1.807, 2.05) is 60.7 Å². The van der Waals surface area contributed by atoms with Crippen LogP contribution in [-0.4, -0.2) is 48.1 Å². The number of rotatable bonds is 7. The van der Waals surface area contributed by atoms with Crippen LogP contribution in [0.5, 0.6) is 5.75 Å². The number of hydrogen-bond donors (Lipinski definition) is 2. The van der Waals surface area contributed by atoms with Crippen molar-refractivity contribution in [1.29, 1.82) is 0 Å². The molecule has 2 aliphatic rings. The topological polar surface area (TPSA) is 92.9 Å². The van der Waals surface area contributed by atoms with Crippen LogP contribution in [-0.2, 0) is 27.8 Å². The van der Waals surface area contributed by atoms with Crippen molar-refractivity contribution >= 4 is 11.9 Å². The fraction of sp³-hybridized carbons (Fsp3) is 0.333. The molecule has 0 bridgehead atoms. The highest BCUT2D eigenvalue weighted by Gasteiger charge is 2.49. The van der Waals surface area contributed by atoms with Gasteiger partial charge in [-0.3, -0.25) is 9.59 Å². The number of carboxylic acids is 1. The van der Waals surface area contributed by atoms with Crippen molar-refractivity contribution in [3.63, 3.8) is 0 Å². The van der Waals surface area contributed by atoms with Gasteiger partial charge in [0.1, 0.15) is 11.2 Å². The van der Waals surface area contributed by atoms with E-state index in [4.69, 9.17) is 20.4 Å². The number of carbonyl (C=O) groups is 2. The molecule has 3 aromatic carbocycles. The van der Waals surface area contributed by atoms with Gasteiger partial charge in [-0.2, -0.15) is 0 Å². The van der Waals surface area contributed by atoms with Gasteiger partial charge >= 0.3 is 0 Å². The molecule has 36 heavy (non-hydrogen) atoms. The summed E-state index contributed by atoms with van der Waals surface area (Å²) in [5, 5.41) is 7.42. The number of carbonyl (C=O) groups excluding carboxylic acids is 1. The summed E-state index contributed by atoms with van der Waals surface area (Å²) in [7, 11) is 0. The predicted molar refractivity (Wildman–Crippen MR) is 140 cm³/mol. The predicted octanol–water partition coefficient (Wildman–Crippen LogP) is 4.05. The van der Waals surface area contributed by atoms with E-state index in [-0.39, 0.29) is 11.8 Å². The van der Waals surface area contributed by atoms with E-state index in [1.54, 1.807) is 0 Å². The monoisotopic (exact) mass is 486 g/mol. The molecular formula is C30H34N2O4. The van der Waals surface area contributed by atoms with Gasteiger partial charge in [0, 0.05) is 26.4 Å². The number of likely N-dealkylation sites (tertiary alicyclic amines) is 1. The summed E-state index contributed by atoms with van der Waals surface area (Å²) in [4.78, 5) is 24.7. The summed E-state index contributed by atoms with van der Waals surface area (Å²) in [5.74, 6) is 0.0746. The SMILES string of the molecule is CC(=O)O.NC(=O)C(c1ccccc1)(c1ccccc1)[C@@H]1CCN(CCc2ccc3c(c2)CCO3)C1. The molecule has 0 aliphatic carbocycles. The van der Waals surface area contributed by atoms with Gasteiger partial charge in [0.15, 0.2) is 0 Å². The fourth-order valence-corrected chi connectivity index (χ4v) is 5.60. The number of ether oxygens (including phenoxy) is 1. The van der Waals surface area contributed by atoms with Gasteiger partial charge in [0.2, 0.25) is 5.91 Å². The third-order valence-electron chi connectivity index (χ3n) is 7.20. The molecule has 0 radical (unpaired) electrons. The van der Waals surface area contributed by atoms with Gasteiger partial charge in [0.05, 0.1) is 6.61 Å². The number of carboxylic acid groups (broad SMARTS) is 1. The van der Waals surface area contributed by atoms with Crippen molar-refractivity contribution in [3.8, 4) is 5.75 Å². The van der Waals surface area contributed by atoms with E-state index in [1.165, 1.54) is 11.1 Å². The molecule has 1 amide bonds. The van der Waals surface area contributed by atoms with Crippen LogP contribution in [0.25, 0.3) is 0 Å². The van der Waals surface area contributed by atoms with Crippen LogP contribution in [0.3, 0.4) is 0 Å². The molecule has 3 N–H and O–H groups in total. The van der Waals surface area contributed by atoms with Crippen LogP contribution in [0, 0.1) is 5.92 Å². The molecule has 0 spiro atoms. The maximum Gasteiger partial charge on any atom is 0.300 e. The highest BCUT2D eigenvalue weighted by Crippen LogP contribution is 2.43. The van der Waals surface area contributed by atoms with E-state index in [2.05, 4.69) is 23.1 Å². The lowest BCUT2D eigenvalue weighted by molar-refractivity contribution is -0.134. The van der Waals surface area contributed by atoms with Crippen LogP contribution in [0.2, 0.25) is 0 Å². The maximum atomic E-state index is 13.2. The van der Waals surface area contributed by atoms with Crippen molar-refractivity contribution in [1.82, 2.24) is 4.90 Å². The van der Waals surface area contributed by atoms with Crippen LogP contribution in [0.4, 0.5) is 0 Å². The Balaban J connectivity index is 0.000000709. The first-order valence-corrected chi connectivity index (χ1v) is 12.5. The van der Waals surface area contributed by atoms with Gasteiger partial charge < -0.3 is 20.5 Å². The second-order valence-electron chi connectivity index (χ2n) is 9.50. The maximum absolute atomic E-state index is 13.2. The Kier molecular flexibility index (Phi) is 8.06. The number of primary amides is 1. The molecule has 0 unspecified atom stereocenters. The number of benzene rings is 3. The lowest BCUT2D eigenvalue weighted by Gasteiger charge is -2.37. The Morgan fingerprint density at radius 1 is 1.03 bits per heavy atom.